The number of rotatable bonds is 11. The quantitative estimate of drug-likeness (QED) is 0.0884. The highest BCUT2D eigenvalue weighted by Gasteiger charge is 2.37. The Hall–Kier alpha value is -4.19. The lowest BCUT2D eigenvalue weighted by Crippen LogP contribution is -2.24. The summed E-state index contributed by atoms with van der Waals surface area (Å²) in [5, 5.41) is 19.2. The van der Waals surface area contributed by atoms with Crippen LogP contribution < -0.4 is 20.5 Å². The van der Waals surface area contributed by atoms with Crippen LogP contribution in [0.3, 0.4) is 0 Å². The SMILES string of the molecule is CC(C)(C)n1nc([C@H]2CC[C@@H](OC(=O)Oc3ccc([N+](=O)[O-])cc3)C2)cc1Nc1ccnc(OCCCC2(N)CC2)c1. The molecule has 12 heteroatoms. The predicted octanol–water partition coefficient (Wildman–Crippen LogP) is 6.19. The standard InChI is InChI=1S/C30H38N6O6/c1-29(2,3)35-26(33-21-11-15-32-27(18-21)40-16-4-12-30(31)13-14-30)19-25(34-35)20-5-8-24(17-20)42-28(37)41-23-9-6-22(7-10-23)36(38)39/h6-7,9-11,15,18-20,24H,4-5,8,12-14,16-17,31H2,1-3H3,(H,32,33)/t20-,24+/m0/s1. The minimum Gasteiger partial charge on any atom is -0.478 e. The van der Waals surface area contributed by atoms with Gasteiger partial charge < -0.3 is 25.3 Å². The number of anilines is 2. The first-order valence-corrected chi connectivity index (χ1v) is 14.4. The minimum atomic E-state index is -0.831. The molecular weight excluding hydrogens is 540 g/mol. The van der Waals surface area contributed by atoms with Gasteiger partial charge in [-0.05, 0) is 83.9 Å². The van der Waals surface area contributed by atoms with Gasteiger partial charge in [0.25, 0.3) is 5.69 Å². The lowest BCUT2D eigenvalue weighted by Gasteiger charge is -2.23. The van der Waals surface area contributed by atoms with Crippen molar-refractivity contribution in [3.05, 3.63) is 64.5 Å². The van der Waals surface area contributed by atoms with Crippen LogP contribution in [0.1, 0.15) is 77.3 Å². The molecule has 2 aromatic heterocycles. The maximum absolute atomic E-state index is 12.4. The van der Waals surface area contributed by atoms with E-state index in [1.165, 1.54) is 24.3 Å². The number of ether oxygens (including phenoxy) is 3. The Kier molecular flexibility index (Phi) is 8.35. The van der Waals surface area contributed by atoms with Gasteiger partial charge in [0, 0.05) is 47.6 Å². The zero-order chi connectivity index (χ0) is 29.9. The van der Waals surface area contributed by atoms with Crippen molar-refractivity contribution in [2.75, 3.05) is 11.9 Å². The van der Waals surface area contributed by atoms with Gasteiger partial charge in [0.2, 0.25) is 5.88 Å². The molecule has 0 spiro atoms. The van der Waals surface area contributed by atoms with Crippen molar-refractivity contribution in [3.8, 4) is 11.6 Å². The van der Waals surface area contributed by atoms with Crippen molar-refractivity contribution in [1.29, 1.82) is 0 Å². The number of benzene rings is 1. The van der Waals surface area contributed by atoms with Crippen LogP contribution in [-0.2, 0) is 10.3 Å². The fourth-order valence-electron chi connectivity index (χ4n) is 5.13. The third kappa shape index (κ3) is 7.55. The summed E-state index contributed by atoms with van der Waals surface area (Å²) in [6.07, 6.45) is 6.74. The van der Waals surface area contributed by atoms with E-state index in [0.717, 1.165) is 49.3 Å². The fraction of sp³-hybridized carbons (Fsp3) is 0.500. The second kappa shape index (κ2) is 12.0. The molecule has 2 aliphatic carbocycles. The third-order valence-electron chi connectivity index (χ3n) is 7.65. The summed E-state index contributed by atoms with van der Waals surface area (Å²) < 4.78 is 18.6. The van der Waals surface area contributed by atoms with Crippen LogP contribution in [0.15, 0.2) is 48.7 Å². The molecule has 2 aliphatic rings. The number of non-ortho nitro benzene ring substituents is 1. The van der Waals surface area contributed by atoms with Gasteiger partial charge in [0.1, 0.15) is 17.7 Å². The number of carbonyl (C=O) groups is 1. The number of carbonyl (C=O) groups excluding carboxylic acids is 1. The summed E-state index contributed by atoms with van der Waals surface area (Å²) in [4.78, 5) is 27.0. The van der Waals surface area contributed by atoms with Crippen LogP contribution in [0.4, 0.5) is 22.0 Å². The average Bonchev–Trinajstić information content (AvgIpc) is 3.29. The monoisotopic (exact) mass is 578 g/mol. The van der Waals surface area contributed by atoms with E-state index in [1.807, 2.05) is 22.9 Å². The zero-order valence-electron chi connectivity index (χ0n) is 24.2. The molecule has 2 heterocycles. The minimum absolute atomic E-state index is 0.0212. The van der Waals surface area contributed by atoms with Gasteiger partial charge in [-0.15, -0.1) is 0 Å². The lowest BCUT2D eigenvalue weighted by atomic mass is 10.0. The molecule has 5 rings (SSSR count). The molecule has 3 N–H and O–H groups in total. The van der Waals surface area contributed by atoms with Crippen molar-refractivity contribution in [2.45, 2.75) is 88.8 Å². The molecule has 0 bridgehead atoms. The number of hydrogen-bond donors (Lipinski definition) is 2. The summed E-state index contributed by atoms with van der Waals surface area (Å²) >= 11 is 0. The van der Waals surface area contributed by atoms with E-state index >= 15 is 0 Å². The predicted molar refractivity (Wildman–Crippen MR) is 156 cm³/mol. The Morgan fingerprint density at radius 1 is 1.19 bits per heavy atom. The van der Waals surface area contributed by atoms with Crippen LogP contribution in [-0.4, -0.2) is 44.1 Å². The summed E-state index contributed by atoms with van der Waals surface area (Å²) in [7, 11) is 0. The van der Waals surface area contributed by atoms with Crippen LogP contribution in [0, 0.1) is 10.1 Å². The highest BCUT2D eigenvalue weighted by molar-refractivity contribution is 5.64. The normalized spacial score (nSPS) is 19.2. The number of nitro groups is 1. The molecule has 2 fully saturated rings. The number of hydrogen-bond acceptors (Lipinski definition) is 10. The molecular formula is C30H38N6O6. The van der Waals surface area contributed by atoms with Gasteiger partial charge in [-0.2, -0.15) is 5.10 Å². The Balaban J connectivity index is 1.18. The molecule has 0 saturated heterocycles. The Morgan fingerprint density at radius 3 is 2.64 bits per heavy atom. The van der Waals surface area contributed by atoms with Gasteiger partial charge in [-0.1, -0.05) is 0 Å². The van der Waals surface area contributed by atoms with Crippen LogP contribution in [0.25, 0.3) is 0 Å². The van der Waals surface area contributed by atoms with Gasteiger partial charge in [-0.25, -0.2) is 14.5 Å². The van der Waals surface area contributed by atoms with E-state index in [0.29, 0.717) is 25.3 Å². The van der Waals surface area contributed by atoms with Gasteiger partial charge in [0.15, 0.2) is 0 Å². The second-order valence-electron chi connectivity index (χ2n) is 12.2. The Labute approximate surface area is 244 Å². The van der Waals surface area contributed by atoms with E-state index in [2.05, 4.69) is 31.1 Å². The smallest absolute Gasteiger partial charge is 0.478 e. The van der Waals surface area contributed by atoms with E-state index in [-0.39, 0.29) is 34.5 Å². The fourth-order valence-corrected chi connectivity index (χ4v) is 5.13. The van der Waals surface area contributed by atoms with Gasteiger partial charge >= 0.3 is 6.16 Å². The third-order valence-corrected chi connectivity index (χ3v) is 7.65. The largest absolute Gasteiger partial charge is 0.514 e. The molecule has 0 aliphatic heterocycles. The summed E-state index contributed by atoms with van der Waals surface area (Å²) in [6.45, 7) is 6.85. The summed E-state index contributed by atoms with van der Waals surface area (Å²) in [5.41, 5.74) is 7.59. The molecule has 42 heavy (non-hydrogen) atoms. The Morgan fingerprint density at radius 2 is 1.95 bits per heavy atom. The number of nitro benzene ring substituents is 1. The second-order valence-corrected chi connectivity index (χ2v) is 12.2. The van der Waals surface area contributed by atoms with Crippen molar-refractivity contribution < 1.29 is 23.9 Å². The number of nitrogens with two attached hydrogens (primary N) is 1. The molecule has 224 valence electrons. The average molecular weight is 579 g/mol. The lowest BCUT2D eigenvalue weighted by molar-refractivity contribution is -0.384. The first-order chi connectivity index (χ1) is 20.0. The van der Waals surface area contributed by atoms with E-state index < -0.39 is 11.1 Å². The highest BCUT2D eigenvalue weighted by atomic mass is 16.7. The molecule has 2 atom stereocenters. The van der Waals surface area contributed by atoms with E-state index in [4.69, 9.17) is 25.0 Å². The maximum atomic E-state index is 12.4. The molecule has 3 aromatic rings. The van der Waals surface area contributed by atoms with Gasteiger partial charge in [-0.3, -0.25) is 10.1 Å². The first kappa shape index (κ1) is 29.3. The van der Waals surface area contributed by atoms with E-state index in [9.17, 15) is 14.9 Å². The molecule has 2 saturated carbocycles. The molecule has 12 nitrogen and oxygen atoms in total. The van der Waals surface area contributed by atoms with E-state index in [1.54, 1.807) is 6.20 Å². The summed E-state index contributed by atoms with van der Waals surface area (Å²) in [5.74, 6) is 1.70. The van der Waals surface area contributed by atoms with Crippen LogP contribution in [0.5, 0.6) is 11.6 Å². The highest BCUT2D eigenvalue weighted by Crippen LogP contribution is 2.38. The van der Waals surface area contributed by atoms with Crippen molar-refractivity contribution in [1.82, 2.24) is 14.8 Å². The van der Waals surface area contributed by atoms with Crippen molar-refractivity contribution in [2.24, 2.45) is 5.73 Å². The topological polar surface area (TPSA) is 157 Å². The number of nitrogens with zero attached hydrogens (tertiary/aromatic N) is 4. The van der Waals surface area contributed by atoms with Crippen LogP contribution >= 0.6 is 0 Å². The summed E-state index contributed by atoms with van der Waals surface area (Å²) in [6, 6.07) is 11.1. The molecule has 1 aromatic carbocycles. The molecule has 0 unspecified atom stereocenters. The molecule has 0 amide bonds. The number of aromatic nitrogens is 3. The van der Waals surface area contributed by atoms with Gasteiger partial charge in [0.05, 0.1) is 22.8 Å². The maximum Gasteiger partial charge on any atom is 0.514 e. The van der Waals surface area contributed by atoms with Crippen molar-refractivity contribution >= 4 is 23.3 Å². The number of pyridine rings is 1. The van der Waals surface area contributed by atoms with Crippen molar-refractivity contribution in [3.63, 3.8) is 0 Å². The Bertz CT molecular complexity index is 1410. The number of nitrogens with one attached hydrogen (secondary N) is 1. The first-order valence-electron chi connectivity index (χ1n) is 14.4. The zero-order valence-corrected chi connectivity index (χ0v) is 24.2. The molecule has 0 radical (unpaired) electrons. The van der Waals surface area contributed by atoms with Crippen LogP contribution in [0.2, 0.25) is 0 Å².